The zero-order valence-corrected chi connectivity index (χ0v) is 15.6. The van der Waals surface area contributed by atoms with Crippen LogP contribution in [0.25, 0.3) is 0 Å². The molecule has 2 aliphatic rings. The minimum atomic E-state index is 0.0799. The molecule has 0 bridgehead atoms. The highest BCUT2D eigenvalue weighted by atomic mass is 35.5. The summed E-state index contributed by atoms with van der Waals surface area (Å²) in [6.07, 6.45) is 2.65. The van der Waals surface area contributed by atoms with E-state index < -0.39 is 0 Å². The largest absolute Gasteiger partial charge is 0.341 e. The van der Waals surface area contributed by atoms with Gasteiger partial charge in [0.1, 0.15) is 0 Å². The Kier molecular flexibility index (Phi) is 5.97. The van der Waals surface area contributed by atoms with E-state index >= 15 is 0 Å². The van der Waals surface area contributed by atoms with Gasteiger partial charge in [-0.1, -0.05) is 11.6 Å². The minimum Gasteiger partial charge on any atom is -0.341 e. The van der Waals surface area contributed by atoms with Gasteiger partial charge in [-0.15, -0.1) is 0 Å². The van der Waals surface area contributed by atoms with Crippen LogP contribution in [0.15, 0.2) is 18.2 Å². The first-order valence-corrected chi connectivity index (χ1v) is 9.48. The molecule has 3 rings (SSSR count). The van der Waals surface area contributed by atoms with Crippen molar-refractivity contribution in [2.45, 2.75) is 26.2 Å². The number of halogens is 1. The Bertz CT molecular complexity index is 650. The summed E-state index contributed by atoms with van der Waals surface area (Å²) in [6.45, 7) is 7.87. The zero-order valence-electron chi connectivity index (χ0n) is 14.8. The second kappa shape index (κ2) is 8.19. The summed E-state index contributed by atoms with van der Waals surface area (Å²) in [5.74, 6) is 0.362. The van der Waals surface area contributed by atoms with Crippen molar-refractivity contribution < 1.29 is 9.59 Å². The lowest BCUT2D eigenvalue weighted by Gasteiger charge is -2.24. The van der Waals surface area contributed by atoms with Crippen LogP contribution in [0, 0.1) is 6.92 Å². The van der Waals surface area contributed by atoms with Gasteiger partial charge < -0.3 is 9.80 Å². The highest BCUT2D eigenvalue weighted by molar-refractivity contribution is 6.31. The highest BCUT2D eigenvalue weighted by Crippen LogP contribution is 2.18. The molecule has 0 saturated carbocycles. The maximum Gasteiger partial charge on any atom is 0.253 e. The Morgan fingerprint density at radius 3 is 2.64 bits per heavy atom. The van der Waals surface area contributed by atoms with Crippen molar-refractivity contribution >= 4 is 23.4 Å². The van der Waals surface area contributed by atoms with Crippen molar-refractivity contribution in [3.05, 3.63) is 34.3 Å². The van der Waals surface area contributed by atoms with Crippen molar-refractivity contribution in [1.29, 1.82) is 0 Å². The summed E-state index contributed by atoms with van der Waals surface area (Å²) >= 11 is 6.06. The molecule has 0 atom stereocenters. The van der Waals surface area contributed by atoms with Gasteiger partial charge in [0.05, 0.1) is 0 Å². The molecule has 0 aromatic heterocycles. The standard InChI is InChI=1S/C19H26ClN3O2/c1-15-14-16(5-6-17(15)20)19(25)23-9-3-7-21(11-13-23)10-12-22-8-2-4-18(22)24/h5-6,14H,2-4,7-13H2,1H3. The molecule has 5 nitrogen and oxygen atoms in total. The van der Waals surface area contributed by atoms with Crippen molar-refractivity contribution in [2.24, 2.45) is 0 Å². The summed E-state index contributed by atoms with van der Waals surface area (Å²) in [6, 6.07) is 5.47. The van der Waals surface area contributed by atoms with Crippen LogP contribution in [0.4, 0.5) is 0 Å². The topological polar surface area (TPSA) is 43.9 Å². The summed E-state index contributed by atoms with van der Waals surface area (Å²) in [5.41, 5.74) is 1.64. The first kappa shape index (κ1) is 18.2. The van der Waals surface area contributed by atoms with Gasteiger partial charge >= 0.3 is 0 Å². The first-order valence-electron chi connectivity index (χ1n) is 9.10. The molecule has 0 unspecified atom stereocenters. The number of likely N-dealkylation sites (tertiary alicyclic amines) is 1. The molecule has 2 amide bonds. The molecule has 0 radical (unpaired) electrons. The van der Waals surface area contributed by atoms with Crippen LogP contribution < -0.4 is 0 Å². The number of nitrogens with zero attached hydrogens (tertiary/aromatic N) is 3. The van der Waals surface area contributed by atoms with Gasteiger partial charge in [-0.25, -0.2) is 0 Å². The maximum atomic E-state index is 12.7. The third-order valence-corrected chi connectivity index (χ3v) is 5.56. The zero-order chi connectivity index (χ0) is 17.8. The van der Waals surface area contributed by atoms with Gasteiger partial charge in [-0.05, 0) is 50.1 Å². The smallest absolute Gasteiger partial charge is 0.253 e. The lowest BCUT2D eigenvalue weighted by Crippen LogP contribution is -2.38. The molecule has 0 spiro atoms. The fourth-order valence-electron chi connectivity index (χ4n) is 3.56. The number of aryl methyl sites for hydroxylation is 1. The summed E-state index contributed by atoms with van der Waals surface area (Å²) < 4.78 is 0. The van der Waals surface area contributed by atoms with Gasteiger partial charge in [-0.2, -0.15) is 0 Å². The van der Waals surface area contributed by atoms with Crippen molar-refractivity contribution in [3.63, 3.8) is 0 Å². The molecular formula is C19H26ClN3O2. The van der Waals surface area contributed by atoms with Crippen LogP contribution in [0.3, 0.4) is 0 Å². The van der Waals surface area contributed by atoms with Crippen LogP contribution in [0.2, 0.25) is 5.02 Å². The van der Waals surface area contributed by atoms with Gasteiger partial charge in [-0.3, -0.25) is 14.5 Å². The fraction of sp³-hybridized carbons (Fsp3) is 0.579. The average Bonchev–Trinajstić information content (AvgIpc) is 2.87. The SMILES string of the molecule is Cc1cc(C(=O)N2CCCN(CCN3CCCC3=O)CC2)ccc1Cl. The van der Waals surface area contributed by atoms with Crippen molar-refractivity contribution in [2.75, 3.05) is 45.8 Å². The molecule has 1 aromatic rings. The second-order valence-corrected chi connectivity index (χ2v) is 7.34. The molecule has 25 heavy (non-hydrogen) atoms. The van der Waals surface area contributed by atoms with E-state index in [0.29, 0.717) is 17.0 Å². The van der Waals surface area contributed by atoms with Crippen LogP contribution >= 0.6 is 11.6 Å². The average molecular weight is 364 g/mol. The number of rotatable bonds is 4. The number of hydrogen-bond acceptors (Lipinski definition) is 3. The Morgan fingerprint density at radius 1 is 1.08 bits per heavy atom. The fourth-order valence-corrected chi connectivity index (χ4v) is 3.68. The van der Waals surface area contributed by atoms with Crippen molar-refractivity contribution in [3.8, 4) is 0 Å². The molecule has 0 aliphatic carbocycles. The number of amides is 2. The van der Waals surface area contributed by atoms with Gasteiger partial charge in [0, 0.05) is 56.3 Å². The Morgan fingerprint density at radius 2 is 1.92 bits per heavy atom. The van der Waals surface area contributed by atoms with E-state index in [2.05, 4.69) is 4.90 Å². The Labute approximate surface area is 154 Å². The van der Waals surface area contributed by atoms with E-state index in [0.717, 1.165) is 64.2 Å². The number of hydrogen-bond donors (Lipinski definition) is 0. The number of carbonyl (C=O) groups is 2. The maximum absolute atomic E-state index is 12.7. The lowest BCUT2D eigenvalue weighted by atomic mass is 10.1. The summed E-state index contributed by atoms with van der Waals surface area (Å²) in [7, 11) is 0. The lowest BCUT2D eigenvalue weighted by molar-refractivity contribution is -0.127. The Balaban J connectivity index is 1.53. The molecule has 136 valence electrons. The third-order valence-electron chi connectivity index (χ3n) is 5.14. The third kappa shape index (κ3) is 4.53. The van der Waals surface area contributed by atoms with Crippen LogP contribution in [0.5, 0.6) is 0 Å². The van der Waals surface area contributed by atoms with Crippen LogP contribution in [0.1, 0.15) is 35.2 Å². The van der Waals surface area contributed by atoms with Crippen LogP contribution in [-0.2, 0) is 4.79 Å². The van der Waals surface area contributed by atoms with E-state index in [9.17, 15) is 9.59 Å². The minimum absolute atomic E-state index is 0.0799. The summed E-state index contributed by atoms with van der Waals surface area (Å²) in [4.78, 5) is 30.7. The second-order valence-electron chi connectivity index (χ2n) is 6.94. The first-order chi connectivity index (χ1) is 12.0. The highest BCUT2D eigenvalue weighted by Gasteiger charge is 2.23. The van der Waals surface area contributed by atoms with Gasteiger partial charge in [0.25, 0.3) is 5.91 Å². The molecule has 2 heterocycles. The predicted octanol–water partition coefficient (Wildman–Crippen LogP) is 2.42. The molecule has 2 saturated heterocycles. The normalized spacial score (nSPS) is 19.4. The van der Waals surface area contributed by atoms with Crippen LogP contribution in [-0.4, -0.2) is 72.3 Å². The molecule has 2 aliphatic heterocycles. The molecule has 1 aromatic carbocycles. The number of benzene rings is 1. The van der Waals surface area contributed by atoms with E-state index in [-0.39, 0.29) is 11.8 Å². The monoisotopic (exact) mass is 363 g/mol. The molecule has 6 heteroatoms. The van der Waals surface area contributed by atoms with E-state index in [1.807, 2.05) is 22.8 Å². The van der Waals surface area contributed by atoms with E-state index in [1.165, 1.54) is 0 Å². The van der Waals surface area contributed by atoms with Gasteiger partial charge in [0.2, 0.25) is 5.91 Å². The Hall–Kier alpha value is -1.59. The van der Waals surface area contributed by atoms with E-state index in [4.69, 9.17) is 11.6 Å². The molecule has 2 fully saturated rings. The molecule has 0 N–H and O–H groups in total. The summed E-state index contributed by atoms with van der Waals surface area (Å²) in [5, 5.41) is 0.690. The van der Waals surface area contributed by atoms with E-state index in [1.54, 1.807) is 12.1 Å². The van der Waals surface area contributed by atoms with Gasteiger partial charge in [0.15, 0.2) is 0 Å². The number of carbonyl (C=O) groups excluding carboxylic acids is 2. The quantitative estimate of drug-likeness (QED) is 0.825. The molecular weight excluding hydrogens is 338 g/mol. The van der Waals surface area contributed by atoms with Crippen molar-refractivity contribution in [1.82, 2.24) is 14.7 Å². The predicted molar refractivity (Wildman–Crippen MR) is 99.0 cm³/mol.